The van der Waals surface area contributed by atoms with Gasteiger partial charge >= 0.3 is 12.2 Å². The Labute approximate surface area is 159 Å². The van der Waals surface area contributed by atoms with Crippen molar-refractivity contribution in [2.24, 2.45) is 11.8 Å². The van der Waals surface area contributed by atoms with Crippen molar-refractivity contribution >= 4 is 17.6 Å². The highest BCUT2D eigenvalue weighted by Gasteiger charge is 2.42. The van der Waals surface area contributed by atoms with Crippen LogP contribution in [0.4, 0.5) is 18.0 Å². The van der Waals surface area contributed by atoms with Gasteiger partial charge in [0.15, 0.2) is 0 Å². The summed E-state index contributed by atoms with van der Waals surface area (Å²) in [6.07, 6.45) is -3.07. The maximum atomic E-state index is 12.7. The Morgan fingerprint density at radius 2 is 1.89 bits per heavy atom. The lowest BCUT2D eigenvalue weighted by Gasteiger charge is -2.21. The fourth-order valence-corrected chi connectivity index (χ4v) is 4.20. The summed E-state index contributed by atoms with van der Waals surface area (Å²) in [7, 11) is 0. The zero-order valence-corrected chi connectivity index (χ0v) is 15.1. The Balaban J connectivity index is 1.35. The minimum atomic E-state index is -4.50. The summed E-state index contributed by atoms with van der Waals surface area (Å²) >= 11 is 6.03. The summed E-state index contributed by atoms with van der Waals surface area (Å²) in [5, 5.41) is 4.29. The molecule has 0 saturated carbocycles. The fraction of sp³-hybridized carbons (Fsp3) is 0.444. The van der Waals surface area contributed by atoms with Crippen molar-refractivity contribution in [2.75, 3.05) is 26.2 Å². The monoisotopic (exact) mass is 398 g/mol. The van der Waals surface area contributed by atoms with Gasteiger partial charge in [-0.05, 0) is 29.5 Å². The Kier molecular flexibility index (Phi) is 4.63. The first-order chi connectivity index (χ1) is 12.8. The van der Waals surface area contributed by atoms with E-state index in [9.17, 15) is 18.0 Å². The van der Waals surface area contributed by atoms with E-state index < -0.39 is 17.8 Å². The van der Waals surface area contributed by atoms with Crippen molar-refractivity contribution in [3.63, 3.8) is 0 Å². The molecule has 0 bridgehead atoms. The minimum Gasteiger partial charge on any atom is -0.322 e. The number of hydrogen-bond acceptors (Lipinski definition) is 3. The summed E-state index contributed by atoms with van der Waals surface area (Å²) < 4.78 is 38.8. The smallest absolute Gasteiger partial charge is 0.322 e. The summed E-state index contributed by atoms with van der Waals surface area (Å²) in [5.74, 6) is 0.650. The van der Waals surface area contributed by atoms with E-state index in [0.29, 0.717) is 36.1 Å². The molecule has 0 radical (unpaired) electrons. The summed E-state index contributed by atoms with van der Waals surface area (Å²) in [6.45, 7) is 3.59. The first-order valence-electron chi connectivity index (χ1n) is 8.67. The van der Waals surface area contributed by atoms with Crippen LogP contribution in [0.5, 0.6) is 0 Å². The third-order valence-electron chi connectivity index (χ3n) is 5.23. The third kappa shape index (κ3) is 3.82. The van der Waals surface area contributed by atoms with Gasteiger partial charge in [-0.2, -0.15) is 23.0 Å². The van der Waals surface area contributed by atoms with E-state index in [1.165, 1.54) is 0 Å². The maximum Gasteiger partial charge on any atom is 0.419 e. The molecule has 2 aromatic rings. The van der Waals surface area contributed by atoms with Crippen molar-refractivity contribution in [3.8, 4) is 0 Å². The highest BCUT2D eigenvalue weighted by molar-refractivity contribution is 6.30. The summed E-state index contributed by atoms with van der Waals surface area (Å²) in [4.78, 5) is 16.4. The average Bonchev–Trinajstić information content (AvgIpc) is 3.27. The molecular weight excluding hydrogens is 381 g/mol. The van der Waals surface area contributed by atoms with Crippen LogP contribution < -0.4 is 0 Å². The molecule has 4 rings (SSSR count). The number of hydrogen-bond donors (Lipinski definition) is 0. The molecule has 2 atom stereocenters. The van der Waals surface area contributed by atoms with Crippen LogP contribution in [-0.4, -0.2) is 51.8 Å². The van der Waals surface area contributed by atoms with Gasteiger partial charge in [-0.3, -0.25) is 4.90 Å². The van der Waals surface area contributed by atoms with Crippen LogP contribution >= 0.6 is 11.6 Å². The molecule has 0 spiro atoms. The van der Waals surface area contributed by atoms with Gasteiger partial charge in [-0.1, -0.05) is 23.7 Å². The molecule has 2 fully saturated rings. The maximum absolute atomic E-state index is 12.7. The van der Waals surface area contributed by atoms with Gasteiger partial charge in [0.1, 0.15) is 0 Å². The van der Waals surface area contributed by atoms with Crippen LogP contribution in [0.3, 0.4) is 0 Å². The van der Waals surface area contributed by atoms with Crippen molar-refractivity contribution in [1.82, 2.24) is 19.6 Å². The van der Waals surface area contributed by atoms with Gasteiger partial charge in [-0.15, -0.1) is 0 Å². The first-order valence-corrected chi connectivity index (χ1v) is 9.05. The fourth-order valence-electron chi connectivity index (χ4n) is 3.99. The predicted octanol–water partition coefficient (Wildman–Crippen LogP) is 3.59. The van der Waals surface area contributed by atoms with Gasteiger partial charge in [0, 0.05) is 43.9 Å². The van der Waals surface area contributed by atoms with E-state index in [2.05, 4.69) is 10.00 Å². The number of nitrogens with zero attached hydrogens (tertiary/aromatic N) is 4. The zero-order chi connectivity index (χ0) is 19.2. The van der Waals surface area contributed by atoms with E-state index in [0.717, 1.165) is 36.1 Å². The van der Waals surface area contributed by atoms with Gasteiger partial charge in [0.05, 0.1) is 11.8 Å². The number of fused-ring (bicyclic) bond motifs is 1. The van der Waals surface area contributed by atoms with Crippen LogP contribution in [0.1, 0.15) is 11.1 Å². The second-order valence-electron chi connectivity index (χ2n) is 7.20. The molecule has 2 aliphatic heterocycles. The summed E-state index contributed by atoms with van der Waals surface area (Å²) in [6, 6.07) is 7.25. The van der Waals surface area contributed by atoms with E-state index in [-0.39, 0.29) is 0 Å². The molecule has 1 aromatic heterocycles. The van der Waals surface area contributed by atoms with Gasteiger partial charge < -0.3 is 4.90 Å². The number of alkyl halides is 3. The molecule has 9 heteroatoms. The lowest BCUT2D eigenvalue weighted by molar-refractivity contribution is -0.137. The standard InChI is InChI=1S/C18H18ClF3N4O/c19-16-3-1-2-12(4-16)6-24-7-13-9-25(10-14(13)8-24)17(27)26-11-15(5-23-26)18(20,21)22/h1-5,11,13-14H,6-10H2. The number of halogens is 4. The zero-order valence-electron chi connectivity index (χ0n) is 14.4. The third-order valence-corrected chi connectivity index (χ3v) is 5.47. The van der Waals surface area contributed by atoms with Gasteiger partial charge in [-0.25, -0.2) is 4.79 Å². The molecule has 2 unspecified atom stereocenters. The number of amides is 1. The number of benzene rings is 1. The molecule has 1 aromatic carbocycles. The van der Waals surface area contributed by atoms with Crippen LogP contribution in [-0.2, 0) is 12.7 Å². The van der Waals surface area contributed by atoms with Crippen molar-refractivity contribution in [1.29, 1.82) is 0 Å². The van der Waals surface area contributed by atoms with Crippen LogP contribution in [0, 0.1) is 11.8 Å². The average molecular weight is 399 g/mol. The molecule has 0 aliphatic carbocycles. The number of carbonyl (C=O) groups is 1. The Morgan fingerprint density at radius 3 is 2.48 bits per heavy atom. The molecule has 27 heavy (non-hydrogen) atoms. The van der Waals surface area contributed by atoms with E-state index in [1.54, 1.807) is 4.90 Å². The number of aromatic nitrogens is 2. The van der Waals surface area contributed by atoms with E-state index >= 15 is 0 Å². The van der Waals surface area contributed by atoms with E-state index in [4.69, 9.17) is 11.6 Å². The quantitative estimate of drug-likeness (QED) is 0.776. The molecule has 5 nitrogen and oxygen atoms in total. The minimum absolute atomic E-state index is 0.325. The molecule has 2 aliphatic rings. The van der Waals surface area contributed by atoms with Crippen molar-refractivity contribution in [2.45, 2.75) is 12.7 Å². The normalized spacial score (nSPS) is 23.0. The molecule has 2 saturated heterocycles. The molecule has 1 amide bonds. The Bertz CT molecular complexity index is 839. The Hall–Kier alpha value is -2.06. The largest absolute Gasteiger partial charge is 0.419 e. The molecular formula is C18H18ClF3N4O. The SMILES string of the molecule is O=C(N1CC2CN(Cc3cccc(Cl)c3)CC2C1)n1cc(C(F)(F)F)cn1. The number of carbonyl (C=O) groups excluding carboxylic acids is 1. The van der Waals surface area contributed by atoms with Crippen molar-refractivity contribution < 1.29 is 18.0 Å². The van der Waals surface area contributed by atoms with Crippen LogP contribution in [0.25, 0.3) is 0 Å². The predicted molar refractivity (Wildman–Crippen MR) is 93.3 cm³/mol. The highest BCUT2D eigenvalue weighted by atomic mass is 35.5. The van der Waals surface area contributed by atoms with Gasteiger partial charge in [0.25, 0.3) is 0 Å². The summed E-state index contributed by atoms with van der Waals surface area (Å²) in [5.41, 5.74) is 0.231. The van der Waals surface area contributed by atoms with Crippen molar-refractivity contribution in [3.05, 3.63) is 52.8 Å². The highest BCUT2D eigenvalue weighted by Crippen LogP contribution is 2.33. The van der Waals surface area contributed by atoms with Crippen LogP contribution in [0.15, 0.2) is 36.7 Å². The van der Waals surface area contributed by atoms with Crippen LogP contribution in [0.2, 0.25) is 5.02 Å². The Morgan fingerprint density at radius 1 is 1.19 bits per heavy atom. The lowest BCUT2D eigenvalue weighted by atomic mass is 10.0. The second kappa shape index (κ2) is 6.83. The number of likely N-dealkylation sites (tertiary alicyclic amines) is 2. The molecule has 0 N–H and O–H groups in total. The van der Waals surface area contributed by atoms with E-state index in [1.807, 2.05) is 24.3 Å². The molecule has 144 valence electrons. The second-order valence-corrected chi connectivity index (χ2v) is 7.64. The van der Waals surface area contributed by atoms with Gasteiger partial charge in [0.2, 0.25) is 0 Å². The molecule has 3 heterocycles. The lowest BCUT2D eigenvalue weighted by Crippen LogP contribution is -2.36. The number of rotatable bonds is 2. The first kappa shape index (κ1) is 18.3. The topological polar surface area (TPSA) is 41.4 Å².